The first-order chi connectivity index (χ1) is 8.82. The van der Waals surface area contributed by atoms with Crippen molar-refractivity contribution >= 4 is 11.5 Å². The first kappa shape index (κ1) is 13.6. The predicted molar refractivity (Wildman–Crippen MR) is 76.5 cm³/mol. The molecule has 0 aromatic heterocycles. The van der Waals surface area contributed by atoms with Gasteiger partial charge in [-0.1, -0.05) is 58.0 Å². The minimum absolute atomic E-state index is 0.0844. The second-order valence-corrected chi connectivity index (χ2v) is 5.98. The Bertz CT molecular complexity index is 555. The van der Waals surface area contributed by atoms with Gasteiger partial charge in [-0.25, -0.2) is 4.79 Å². The van der Waals surface area contributed by atoms with Gasteiger partial charge in [-0.3, -0.25) is 0 Å². The van der Waals surface area contributed by atoms with E-state index in [0.29, 0.717) is 5.57 Å². The molecule has 1 aromatic carbocycles. The SMILES string of the molecule is COC(=O)C(=C=C1C(C)(C)C1(C)C)c1ccccc1. The summed E-state index contributed by atoms with van der Waals surface area (Å²) in [6, 6.07) is 9.56. The summed E-state index contributed by atoms with van der Waals surface area (Å²) in [5, 5.41) is 0. The summed E-state index contributed by atoms with van der Waals surface area (Å²) >= 11 is 0. The molecule has 0 N–H and O–H groups in total. The summed E-state index contributed by atoms with van der Waals surface area (Å²) in [6.07, 6.45) is 0. The molecule has 0 bridgehead atoms. The number of carbonyl (C=O) groups is 1. The fourth-order valence-electron chi connectivity index (χ4n) is 2.42. The monoisotopic (exact) mass is 256 g/mol. The van der Waals surface area contributed by atoms with Crippen molar-refractivity contribution in [3.8, 4) is 0 Å². The number of hydrogen-bond acceptors (Lipinski definition) is 2. The Hall–Kier alpha value is -1.79. The normalized spacial score (nSPS) is 18.5. The maximum Gasteiger partial charge on any atom is 0.346 e. The predicted octanol–water partition coefficient (Wildman–Crippen LogP) is 3.83. The summed E-state index contributed by atoms with van der Waals surface area (Å²) in [4.78, 5) is 12.0. The van der Waals surface area contributed by atoms with Crippen LogP contribution >= 0.6 is 0 Å². The Morgan fingerprint density at radius 3 is 2.00 bits per heavy atom. The lowest BCUT2D eigenvalue weighted by atomic mass is 10.0. The highest BCUT2D eigenvalue weighted by Crippen LogP contribution is 2.67. The summed E-state index contributed by atoms with van der Waals surface area (Å²) < 4.78 is 4.88. The Labute approximate surface area is 114 Å². The average molecular weight is 256 g/mol. The van der Waals surface area contributed by atoms with E-state index in [1.54, 1.807) is 0 Å². The summed E-state index contributed by atoms with van der Waals surface area (Å²) in [7, 11) is 1.40. The van der Waals surface area contributed by atoms with Crippen molar-refractivity contribution < 1.29 is 9.53 Å². The number of ether oxygens (including phenoxy) is 1. The summed E-state index contributed by atoms with van der Waals surface area (Å²) in [5.41, 5.74) is 6.00. The van der Waals surface area contributed by atoms with Gasteiger partial charge < -0.3 is 4.74 Å². The van der Waals surface area contributed by atoms with Crippen LogP contribution < -0.4 is 0 Å². The van der Waals surface area contributed by atoms with Gasteiger partial charge in [0.2, 0.25) is 0 Å². The highest BCUT2D eigenvalue weighted by molar-refractivity contribution is 6.16. The van der Waals surface area contributed by atoms with E-state index in [0.717, 1.165) is 5.56 Å². The van der Waals surface area contributed by atoms with Gasteiger partial charge in [-0.15, -0.1) is 5.73 Å². The molecular formula is C17H20O2. The van der Waals surface area contributed by atoms with Crippen LogP contribution in [-0.4, -0.2) is 13.1 Å². The molecule has 1 aliphatic rings. The van der Waals surface area contributed by atoms with E-state index in [4.69, 9.17) is 4.74 Å². The van der Waals surface area contributed by atoms with Crippen LogP contribution in [0, 0.1) is 10.8 Å². The lowest BCUT2D eigenvalue weighted by Gasteiger charge is -2.02. The topological polar surface area (TPSA) is 26.3 Å². The van der Waals surface area contributed by atoms with Crippen LogP contribution in [0.25, 0.3) is 5.57 Å². The second-order valence-electron chi connectivity index (χ2n) is 5.98. The third-order valence-electron chi connectivity index (χ3n) is 4.45. The molecule has 100 valence electrons. The van der Waals surface area contributed by atoms with Crippen LogP contribution in [0.2, 0.25) is 0 Å². The van der Waals surface area contributed by atoms with Gasteiger partial charge in [-0.2, -0.15) is 0 Å². The highest BCUT2D eigenvalue weighted by Gasteiger charge is 2.60. The van der Waals surface area contributed by atoms with Crippen LogP contribution in [0.1, 0.15) is 33.3 Å². The molecule has 0 saturated heterocycles. The van der Waals surface area contributed by atoms with Gasteiger partial charge >= 0.3 is 5.97 Å². The van der Waals surface area contributed by atoms with Crippen LogP contribution in [0.5, 0.6) is 0 Å². The Kier molecular flexibility index (Phi) is 3.15. The molecule has 0 aliphatic heterocycles. The molecule has 0 spiro atoms. The zero-order valence-corrected chi connectivity index (χ0v) is 12.2. The summed E-state index contributed by atoms with van der Waals surface area (Å²) in [5.74, 6) is -0.336. The Balaban J connectivity index is 2.60. The van der Waals surface area contributed by atoms with Gasteiger partial charge in [0.15, 0.2) is 0 Å². The van der Waals surface area contributed by atoms with Gasteiger partial charge in [0.1, 0.15) is 5.57 Å². The second kappa shape index (κ2) is 4.40. The van der Waals surface area contributed by atoms with Crippen molar-refractivity contribution in [3.63, 3.8) is 0 Å². The van der Waals surface area contributed by atoms with Gasteiger partial charge in [0.05, 0.1) is 7.11 Å². The van der Waals surface area contributed by atoms with E-state index in [2.05, 4.69) is 33.4 Å². The third kappa shape index (κ3) is 2.13. The number of rotatable bonds is 2. The van der Waals surface area contributed by atoms with Gasteiger partial charge in [-0.05, 0) is 11.1 Å². The molecule has 1 aliphatic carbocycles. The van der Waals surface area contributed by atoms with Crippen LogP contribution in [-0.2, 0) is 9.53 Å². The van der Waals surface area contributed by atoms with Crippen molar-refractivity contribution in [3.05, 3.63) is 47.2 Å². The smallest absolute Gasteiger partial charge is 0.346 e. The maximum absolute atomic E-state index is 12.0. The van der Waals surface area contributed by atoms with Crippen molar-refractivity contribution in [2.75, 3.05) is 7.11 Å². The first-order valence-corrected chi connectivity index (χ1v) is 6.48. The molecule has 0 heterocycles. The third-order valence-corrected chi connectivity index (χ3v) is 4.45. The van der Waals surface area contributed by atoms with E-state index in [1.165, 1.54) is 12.7 Å². The standard InChI is InChI=1S/C17H20O2/c1-16(2)14(17(16,3)4)11-13(15(18)19-5)12-9-7-6-8-10-12/h6-10H,1-5H3. The molecule has 19 heavy (non-hydrogen) atoms. The van der Waals surface area contributed by atoms with Gasteiger partial charge in [0.25, 0.3) is 0 Å². The maximum atomic E-state index is 12.0. The minimum Gasteiger partial charge on any atom is -0.465 e. The number of benzene rings is 1. The van der Waals surface area contributed by atoms with Gasteiger partial charge in [0, 0.05) is 10.8 Å². The lowest BCUT2D eigenvalue weighted by Crippen LogP contribution is -2.02. The van der Waals surface area contributed by atoms with Crippen molar-refractivity contribution in [1.82, 2.24) is 0 Å². The molecule has 0 amide bonds. The van der Waals surface area contributed by atoms with Crippen molar-refractivity contribution in [1.29, 1.82) is 0 Å². The average Bonchev–Trinajstić information content (AvgIpc) is 2.77. The molecular weight excluding hydrogens is 236 g/mol. The van der Waals surface area contributed by atoms with E-state index in [-0.39, 0.29) is 16.8 Å². The molecule has 0 radical (unpaired) electrons. The number of carbonyl (C=O) groups excluding carboxylic acids is 1. The zero-order chi connectivity index (χ0) is 14.3. The quantitative estimate of drug-likeness (QED) is 0.456. The molecule has 1 fully saturated rings. The zero-order valence-electron chi connectivity index (χ0n) is 12.2. The molecule has 2 nitrogen and oxygen atoms in total. The molecule has 0 atom stereocenters. The van der Waals surface area contributed by atoms with E-state index in [1.807, 2.05) is 30.3 Å². The van der Waals surface area contributed by atoms with Crippen molar-refractivity contribution in [2.24, 2.45) is 10.8 Å². The molecule has 1 aromatic rings. The summed E-state index contributed by atoms with van der Waals surface area (Å²) in [6.45, 7) is 8.70. The first-order valence-electron chi connectivity index (χ1n) is 6.48. The molecule has 0 unspecified atom stereocenters. The van der Waals surface area contributed by atoms with E-state index in [9.17, 15) is 4.79 Å². The molecule has 2 heteroatoms. The Morgan fingerprint density at radius 1 is 1.05 bits per heavy atom. The molecule has 1 saturated carbocycles. The Morgan fingerprint density at radius 2 is 1.58 bits per heavy atom. The highest BCUT2D eigenvalue weighted by atomic mass is 16.5. The minimum atomic E-state index is -0.336. The lowest BCUT2D eigenvalue weighted by molar-refractivity contribution is -0.133. The van der Waals surface area contributed by atoms with Crippen molar-refractivity contribution in [2.45, 2.75) is 27.7 Å². The van der Waals surface area contributed by atoms with E-state index < -0.39 is 0 Å². The largest absolute Gasteiger partial charge is 0.465 e. The molecule has 2 rings (SSSR count). The number of hydrogen-bond donors (Lipinski definition) is 0. The van der Waals surface area contributed by atoms with Crippen LogP contribution in [0.4, 0.5) is 0 Å². The van der Waals surface area contributed by atoms with Crippen LogP contribution in [0.15, 0.2) is 41.6 Å². The number of esters is 1. The van der Waals surface area contributed by atoms with E-state index >= 15 is 0 Å². The van der Waals surface area contributed by atoms with Crippen LogP contribution in [0.3, 0.4) is 0 Å². The fourth-order valence-corrected chi connectivity index (χ4v) is 2.42. The fraction of sp³-hybridized carbons (Fsp3) is 0.412. The number of methoxy groups -OCH3 is 1.